The van der Waals surface area contributed by atoms with E-state index in [9.17, 15) is 0 Å². The van der Waals surface area contributed by atoms with Gasteiger partial charge in [0, 0.05) is 19.0 Å². The molecule has 4 heteroatoms. The molecule has 1 N–H and O–H groups in total. The molecule has 0 bridgehead atoms. The van der Waals surface area contributed by atoms with E-state index in [1.807, 2.05) is 0 Å². The minimum Gasteiger partial charge on any atom is -0.343 e. The van der Waals surface area contributed by atoms with Crippen LogP contribution in [0.15, 0.2) is 10.9 Å². The Morgan fingerprint density at radius 1 is 1.44 bits per heavy atom. The molecular weight excluding hydrogens is 202 g/mol. The van der Waals surface area contributed by atoms with Crippen LogP contribution >= 0.6 is 0 Å². The molecule has 90 valence electrons. The molecule has 0 saturated heterocycles. The Labute approximate surface area is 96.8 Å². The smallest absolute Gasteiger partial charge is 0.213 e. The summed E-state index contributed by atoms with van der Waals surface area (Å²) in [5.41, 5.74) is 0. The number of nitrogens with one attached hydrogen (secondary N) is 1. The Morgan fingerprint density at radius 2 is 2.31 bits per heavy atom. The van der Waals surface area contributed by atoms with Crippen LogP contribution in [0.3, 0.4) is 0 Å². The SMILES string of the molecule is CCC1CCCCC1NCCc1ncon1. The first-order valence-corrected chi connectivity index (χ1v) is 6.38. The monoisotopic (exact) mass is 223 g/mol. The van der Waals surface area contributed by atoms with Gasteiger partial charge in [0.05, 0.1) is 0 Å². The van der Waals surface area contributed by atoms with E-state index in [0.29, 0.717) is 6.04 Å². The molecule has 0 spiro atoms. The second-order valence-corrected chi connectivity index (χ2v) is 4.61. The number of aromatic nitrogens is 2. The number of hydrogen-bond donors (Lipinski definition) is 1. The second kappa shape index (κ2) is 5.99. The highest BCUT2D eigenvalue weighted by Crippen LogP contribution is 2.26. The lowest BCUT2D eigenvalue weighted by molar-refractivity contribution is 0.256. The Balaban J connectivity index is 1.71. The average molecular weight is 223 g/mol. The fraction of sp³-hybridized carbons (Fsp3) is 0.833. The zero-order valence-corrected chi connectivity index (χ0v) is 9.98. The summed E-state index contributed by atoms with van der Waals surface area (Å²) in [5, 5.41) is 7.45. The van der Waals surface area contributed by atoms with Crippen LogP contribution in [0.5, 0.6) is 0 Å². The van der Waals surface area contributed by atoms with Crippen LogP contribution in [0, 0.1) is 5.92 Å². The molecule has 0 aliphatic heterocycles. The van der Waals surface area contributed by atoms with Crippen LogP contribution in [0.25, 0.3) is 0 Å². The lowest BCUT2D eigenvalue weighted by atomic mass is 9.83. The summed E-state index contributed by atoms with van der Waals surface area (Å²) in [6.07, 6.45) is 9.03. The predicted molar refractivity (Wildman–Crippen MR) is 62.0 cm³/mol. The molecule has 2 rings (SSSR count). The molecule has 0 aromatic carbocycles. The zero-order valence-electron chi connectivity index (χ0n) is 9.98. The third kappa shape index (κ3) is 3.04. The third-order valence-electron chi connectivity index (χ3n) is 3.60. The van der Waals surface area contributed by atoms with Crippen molar-refractivity contribution in [3.63, 3.8) is 0 Å². The van der Waals surface area contributed by atoms with Crippen molar-refractivity contribution in [3.8, 4) is 0 Å². The van der Waals surface area contributed by atoms with Crippen molar-refractivity contribution >= 4 is 0 Å². The van der Waals surface area contributed by atoms with Gasteiger partial charge < -0.3 is 9.84 Å². The van der Waals surface area contributed by atoms with Gasteiger partial charge in [-0.2, -0.15) is 4.98 Å². The van der Waals surface area contributed by atoms with Crippen molar-refractivity contribution < 1.29 is 4.52 Å². The molecule has 1 heterocycles. The fourth-order valence-electron chi connectivity index (χ4n) is 2.64. The van der Waals surface area contributed by atoms with Crippen LogP contribution < -0.4 is 5.32 Å². The predicted octanol–water partition coefficient (Wildman–Crippen LogP) is 2.17. The highest BCUT2D eigenvalue weighted by atomic mass is 16.5. The Hall–Kier alpha value is -0.900. The van der Waals surface area contributed by atoms with Crippen LogP contribution in [0.1, 0.15) is 44.9 Å². The maximum Gasteiger partial charge on any atom is 0.213 e. The quantitative estimate of drug-likeness (QED) is 0.831. The fourth-order valence-corrected chi connectivity index (χ4v) is 2.64. The van der Waals surface area contributed by atoms with Crippen LogP contribution in [-0.4, -0.2) is 22.7 Å². The molecule has 1 aromatic heterocycles. The van der Waals surface area contributed by atoms with Gasteiger partial charge in [-0.3, -0.25) is 0 Å². The summed E-state index contributed by atoms with van der Waals surface area (Å²) in [7, 11) is 0. The molecule has 0 radical (unpaired) electrons. The van der Waals surface area contributed by atoms with Crippen molar-refractivity contribution in [3.05, 3.63) is 12.2 Å². The number of rotatable bonds is 5. The van der Waals surface area contributed by atoms with Crippen LogP contribution in [0.2, 0.25) is 0 Å². The van der Waals surface area contributed by atoms with Crippen molar-refractivity contribution in [1.82, 2.24) is 15.5 Å². The second-order valence-electron chi connectivity index (χ2n) is 4.61. The molecular formula is C12H21N3O. The number of hydrogen-bond acceptors (Lipinski definition) is 4. The summed E-state index contributed by atoms with van der Waals surface area (Å²) in [5.74, 6) is 1.66. The van der Waals surface area contributed by atoms with Gasteiger partial charge in [0.1, 0.15) is 0 Å². The van der Waals surface area contributed by atoms with Gasteiger partial charge in [-0.1, -0.05) is 31.3 Å². The van der Waals surface area contributed by atoms with E-state index >= 15 is 0 Å². The van der Waals surface area contributed by atoms with Crippen molar-refractivity contribution in [1.29, 1.82) is 0 Å². The van der Waals surface area contributed by atoms with Crippen molar-refractivity contribution in [2.75, 3.05) is 6.54 Å². The van der Waals surface area contributed by atoms with Gasteiger partial charge in [-0.15, -0.1) is 0 Å². The molecule has 1 saturated carbocycles. The van der Waals surface area contributed by atoms with Gasteiger partial charge in [0.2, 0.25) is 6.39 Å². The first kappa shape index (κ1) is 11.6. The molecule has 1 aromatic rings. The highest BCUT2D eigenvalue weighted by Gasteiger charge is 2.22. The van der Waals surface area contributed by atoms with Gasteiger partial charge in [0.15, 0.2) is 5.82 Å². The van der Waals surface area contributed by atoms with Crippen LogP contribution in [0.4, 0.5) is 0 Å². The molecule has 2 atom stereocenters. The zero-order chi connectivity index (χ0) is 11.2. The molecule has 2 unspecified atom stereocenters. The summed E-state index contributed by atoms with van der Waals surface area (Å²) in [6.45, 7) is 3.25. The Morgan fingerprint density at radius 3 is 3.06 bits per heavy atom. The maximum absolute atomic E-state index is 4.71. The molecule has 1 fully saturated rings. The lowest BCUT2D eigenvalue weighted by Crippen LogP contribution is -2.39. The number of nitrogens with zero attached hydrogens (tertiary/aromatic N) is 2. The van der Waals surface area contributed by atoms with Gasteiger partial charge >= 0.3 is 0 Å². The summed E-state index contributed by atoms with van der Waals surface area (Å²) >= 11 is 0. The highest BCUT2D eigenvalue weighted by molar-refractivity contribution is 4.83. The van der Waals surface area contributed by atoms with Gasteiger partial charge in [-0.05, 0) is 18.8 Å². The first-order valence-electron chi connectivity index (χ1n) is 6.38. The van der Waals surface area contributed by atoms with E-state index in [1.165, 1.54) is 38.5 Å². The largest absolute Gasteiger partial charge is 0.343 e. The van der Waals surface area contributed by atoms with Gasteiger partial charge in [-0.25, -0.2) is 0 Å². The van der Waals surface area contributed by atoms with Crippen molar-refractivity contribution in [2.45, 2.75) is 51.5 Å². The molecule has 0 amide bonds. The molecule has 4 nitrogen and oxygen atoms in total. The van der Waals surface area contributed by atoms with E-state index in [-0.39, 0.29) is 0 Å². The average Bonchev–Trinajstić information content (AvgIpc) is 2.83. The summed E-state index contributed by atoms with van der Waals surface area (Å²) < 4.78 is 4.71. The van der Waals surface area contributed by atoms with E-state index in [4.69, 9.17) is 4.52 Å². The van der Waals surface area contributed by atoms with Crippen molar-refractivity contribution in [2.24, 2.45) is 5.92 Å². The topological polar surface area (TPSA) is 51.0 Å². The normalized spacial score (nSPS) is 25.8. The summed E-state index contributed by atoms with van der Waals surface area (Å²) in [4.78, 5) is 4.02. The minimum atomic E-state index is 0.700. The molecule has 1 aliphatic rings. The summed E-state index contributed by atoms with van der Waals surface area (Å²) in [6, 6.07) is 0.700. The van der Waals surface area contributed by atoms with Gasteiger partial charge in [0.25, 0.3) is 0 Å². The lowest BCUT2D eigenvalue weighted by Gasteiger charge is -2.31. The van der Waals surface area contributed by atoms with E-state index in [0.717, 1.165) is 24.7 Å². The Kier molecular flexibility index (Phi) is 4.34. The maximum atomic E-state index is 4.71. The van der Waals surface area contributed by atoms with Crippen LogP contribution in [-0.2, 0) is 6.42 Å². The Bertz CT molecular complexity index is 286. The molecule has 1 aliphatic carbocycles. The minimum absolute atomic E-state index is 0.700. The third-order valence-corrected chi connectivity index (χ3v) is 3.60. The van der Waals surface area contributed by atoms with E-state index in [2.05, 4.69) is 22.4 Å². The van der Waals surface area contributed by atoms with E-state index < -0.39 is 0 Å². The molecule has 16 heavy (non-hydrogen) atoms. The first-order chi connectivity index (χ1) is 7.90. The standard InChI is InChI=1S/C12H21N3O/c1-2-10-5-3-4-6-11(10)13-8-7-12-14-9-16-15-12/h9-11,13H,2-8H2,1H3. The van der Waals surface area contributed by atoms with E-state index in [1.54, 1.807) is 0 Å².